The highest BCUT2D eigenvalue weighted by atomic mass is 79.9. The van der Waals surface area contributed by atoms with Crippen LogP contribution in [0.1, 0.15) is 21.8 Å². The van der Waals surface area contributed by atoms with E-state index < -0.39 is 5.97 Å². The summed E-state index contributed by atoms with van der Waals surface area (Å²) in [4.78, 5) is 11.0. The quantitative estimate of drug-likeness (QED) is 0.869. The van der Waals surface area contributed by atoms with Crippen LogP contribution in [0.5, 0.6) is 5.75 Å². The third-order valence-corrected chi connectivity index (χ3v) is 3.14. The molecule has 0 saturated heterocycles. The average molecular weight is 342 g/mol. The van der Waals surface area contributed by atoms with Crippen molar-refractivity contribution in [3.63, 3.8) is 0 Å². The highest BCUT2D eigenvalue weighted by Gasteiger charge is 2.10. The Morgan fingerprint density at radius 3 is 2.90 bits per heavy atom. The maximum atomic E-state index is 11.0. The summed E-state index contributed by atoms with van der Waals surface area (Å²) in [5, 5.41) is 12.8. The van der Waals surface area contributed by atoms with Crippen LogP contribution < -0.4 is 4.74 Å². The number of aromatic carboxylic acids is 1. The molecule has 1 aromatic carbocycles. The number of aromatic nitrogens is 1. The largest absolute Gasteiger partial charge is 0.487 e. The molecule has 0 bridgehead atoms. The Kier molecular flexibility index (Phi) is 4.75. The van der Waals surface area contributed by atoms with Crippen LogP contribution in [0.4, 0.5) is 0 Å². The Morgan fingerprint density at radius 1 is 1.40 bits per heavy atom. The van der Waals surface area contributed by atoms with E-state index in [2.05, 4.69) is 21.1 Å². The van der Waals surface area contributed by atoms with Gasteiger partial charge in [-0.15, -0.1) is 0 Å². The molecule has 7 heteroatoms. The van der Waals surface area contributed by atoms with E-state index in [9.17, 15) is 4.79 Å². The first-order valence-electron chi connectivity index (χ1n) is 5.69. The minimum atomic E-state index is -1.02. The zero-order chi connectivity index (χ0) is 14.5. The second kappa shape index (κ2) is 6.53. The van der Waals surface area contributed by atoms with Crippen LogP contribution in [0, 0.1) is 0 Å². The Balaban J connectivity index is 2.03. The molecule has 0 amide bonds. The number of carboxylic acid groups (broad SMARTS) is 1. The van der Waals surface area contributed by atoms with Gasteiger partial charge in [0.05, 0.1) is 5.56 Å². The van der Waals surface area contributed by atoms with E-state index in [4.69, 9.17) is 19.1 Å². The number of rotatable bonds is 6. The van der Waals surface area contributed by atoms with Crippen LogP contribution in [-0.4, -0.2) is 23.3 Å². The summed E-state index contributed by atoms with van der Waals surface area (Å²) in [6.45, 7) is 0.530. The van der Waals surface area contributed by atoms with Crippen molar-refractivity contribution in [2.24, 2.45) is 0 Å². The summed E-state index contributed by atoms with van der Waals surface area (Å²) in [5.74, 6) is 0.0289. The van der Waals surface area contributed by atoms with Crippen molar-refractivity contribution in [1.29, 1.82) is 0 Å². The standard InChI is InChI=1S/C13H12BrNO5/c1-18-7-10-4-8(15-20-10)6-19-9-2-3-12(14)11(5-9)13(16)17/h2-5H,6-7H2,1H3,(H,16,17). The number of benzene rings is 1. The molecule has 2 aromatic rings. The predicted molar refractivity (Wildman–Crippen MR) is 72.6 cm³/mol. The second-order valence-electron chi connectivity index (χ2n) is 3.95. The van der Waals surface area contributed by atoms with Crippen LogP contribution >= 0.6 is 15.9 Å². The average Bonchev–Trinajstić information content (AvgIpc) is 2.86. The van der Waals surface area contributed by atoms with E-state index in [-0.39, 0.29) is 12.2 Å². The van der Waals surface area contributed by atoms with Crippen molar-refractivity contribution in [2.45, 2.75) is 13.2 Å². The van der Waals surface area contributed by atoms with Gasteiger partial charge in [-0.2, -0.15) is 0 Å². The molecule has 0 radical (unpaired) electrons. The zero-order valence-corrected chi connectivity index (χ0v) is 12.2. The lowest BCUT2D eigenvalue weighted by Crippen LogP contribution is -2.00. The van der Waals surface area contributed by atoms with E-state index in [0.717, 1.165) is 0 Å². The first-order chi connectivity index (χ1) is 9.60. The number of methoxy groups -OCH3 is 1. The number of hydrogen-bond donors (Lipinski definition) is 1. The molecule has 2 rings (SSSR count). The minimum Gasteiger partial charge on any atom is -0.487 e. The van der Waals surface area contributed by atoms with E-state index in [1.807, 2.05) is 0 Å². The lowest BCUT2D eigenvalue weighted by atomic mass is 10.2. The minimum absolute atomic E-state index is 0.141. The summed E-state index contributed by atoms with van der Waals surface area (Å²) >= 11 is 3.17. The normalized spacial score (nSPS) is 10.5. The van der Waals surface area contributed by atoms with E-state index in [1.54, 1.807) is 25.3 Å². The number of hydrogen-bond acceptors (Lipinski definition) is 5. The third kappa shape index (κ3) is 3.58. The summed E-state index contributed by atoms with van der Waals surface area (Å²) in [6.07, 6.45) is 0. The highest BCUT2D eigenvalue weighted by Crippen LogP contribution is 2.23. The maximum Gasteiger partial charge on any atom is 0.336 e. The highest BCUT2D eigenvalue weighted by molar-refractivity contribution is 9.10. The van der Waals surface area contributed by atoms with Gasteiger partial charge in [0.2, 0.25) is 0 Å². The second-order valence-corrected chi connectivity index (χ2v) is 4.81. The van der Waals surface area contributed by atoms with Gasteiger partial charge in [0.15, 0.2) is 5.76 Å². The molecule has 0 aliphatic carbocycles. The summed E-state index contributed by atoms with van der Waals surface area (Å²) < 4.78 is 15.9. The molecule has 1 N–H and O–H groups in total. The van der Waals surface area contributed by atoms with Crippen LogP contribution in [0.15, 0.2) is 33.3 Å². The maximum absolute atomic E-state index is 11.0. The van der Waals surface area contributed by atoms with Crippen LogP contribution in [-0.2, 0) is 18.0 Å². The molecular formula is C13H12BrNO5. The van der Waals surface area contributed by atoms with Gasteiger partial charge >= 0.3 is 5.97 Å². The Morgan fingerprint density at radius 2 is 2.20 bits per heavy atom. The van der Waals surface area contributed by atoms with Gasteiger partial charge in [0, 0.05) is 17.6 Å². The molecule has 106 valence electrons. The topological polar surface area (TPSA) is 81.8 Å². The summed E-state index contributed by atoms with van der Waals surface area (Å²) in [5.41, 5.74) is 0.750. The van der Waals surface area contributed by atoms with Crippen LogP contribution in [0.25, 0.3) is 0 Å². The lowest BCUT2D eigenvalue weighted by molar-refractivity contribution is 0.0695. The molecule has 0 fully saturated rings. The van der Waals surface area contributed by atoms with Crippen molar-refractivity contribution in [3.05, 3.63) is 45.8 Å². The zero-order valence-electron chi connectivity index (χ0n) is 10.6. The van der Waals surface area contributed by atoms with Crippen molar-refractivity contribution in [1.82, 2.24) is 5.16 Å². The van der Waals surface area contributed by atoms with Gasteiger partial charge in [-0.25, -0.2) is 4.79 Å². The fourth-order valence-electron chi connectivity index (χ4n) is 1.55. The van der Waals surface area contributed by atoms with Crippen molar-refractivity contribution in [2.75, 3.05) is 7.11 Å². The fourth-order valence-corrected chi connectivity index (χ4v) is 1.97. The van der Waals surface area contributed by atoms with Gasteiger partial charge in [0.1, 0.15) is 24.7 Å². The summed E-state index contributed by atoms with van der Waals surface area (Å²) in [7, 11) is 1.56. The van der Waals surface area contributed by atoms with Crippen molar-refractivity contribution < 1.29 is 23.9 Å². The number of carbonyl (C=O) groups is 1. The van der Waals surface area contributed by atoms with Crippen LogP contribution in [0.2, 0.25) is 0 Å². The molecule has 0 aliphatic rings. The molecule has 0 spiro atoms. The molecule has 6 nitrogen and oxygen atoms in total. The first-order valence-corrected chi connectivity index (χ1v) is 6.48. The molecule has 0 saturated carbocycles. The van der Waals surface area contributed by atoms with Gasteiger partial charge in [-0.1, -0.05) is 5.16 Å². The van der Waals surface area contributed by atoms with Crippen molar-refractivity contribution >= 4 is 21.9 Å². The van der Waals surface area contributed by atoms with E-state index in [1.165, 1.54) is 6.07 Å². The predicted octanol–water partition coefficient (Wildman–Crippen LogP) is 2.86. The van der Waals surface area contributed by atoms with Crippen molar-refractivity contribution in [3.8, 4) is 5.75 Å². The Bertz CT molecular complexity index is 611. The fraction of sp³-hybridized carbons (Fsp3) is 0.231. The number of carboxylic acids is 1. The molecule has 0 atom stereocenters. The van der Waals surface area contributed by atoms with Crippen LogP contribution in [0.3, 0.4) is 0 Å². The molecule has 20 heavy (non-hydrogen) atoms. The molecule has 0 unspecified atom stereocenters. The monoisotopic (exact) mass is 341 g/mol. The Hall–Kier alpha value is -1.86. The van der Waals surface area contributed by atoms with Gasteiger partial charge in [0.25, 0.3) is 0 Å². The smallest absolute Gasteiger partial charge is 0.336 e. The number of halogens is 1. The van der Waals surface area contributed by atoms with Gasteiger partial charge < -0.3 is 19.1 Å². The lowest BCUT2D eigenvalue weighted by Gasteiger charge is -2.06. The Labute approximate surface area is 123 Å². The third-order valence-electron chi connectivity index (χ3n) is 2.45. The molecule has 1 heterocycles. The number of nitrogens with zero attached hydrogens (tertiary/aromatic N) is 1. The van der Waals surface area contributed by atoms with Gasteiger partial charge in [-0.3, -0.25) is 0 Å². The molecular weight excluding hydrogens is 330 g/mol. The molecule has 1 aromatic heterocycles. The van der Waals surface area contributed by atoms with Gasteiger partial charge in [-0.05, 0) is 34.1 Å². The SMILES string of the molecule is COCc1cc(COc2ccc(Br)c(C(=O)O)c2)no1. The van der Waals surface area contributed by atoms with E-state index in [0.29, 0.717) is 28.3 Å². The summed E-state index contributed by atoms with van der Waals surface area (Å²) in [6, 6.07) is 6.47. The first kappa shape index (κ1) is 14.5. The molecule has 0 aliphatic heterocycles. The van der Waals surface area contributed by atoms with E-state index >= 15 is 0 Å². The number of ether oxygens (including phenoxy) is 2.